The average Bonchev–Trinajstić information content (AvgIpc) is 3.39. The Morgan fingerprint density at radius 3 is 2.77 bits per heavy atom. The number of anilines is 1. The van der Waals surface area contributed by atoms with Gasteiger partial charge in [-0.05, 0) is 42.3 Å². The summed E-state index contributed by atoms with van der Waals surface area (Å²) in [5.74, 6) is -0.258. The first kappa shape index (κ1) is 19.9. The maximum absolute atomic E-state index is 13.1. The number of thiazole rings is 1. The first-order valence-corrected chi connectivity index (χ1v) is 10.6. The van der Waals surface area contributed by atoms with Crippen molar-refractivity contribution in [1.29, 1.82) is 0 Å². The number of benzene rings is 1. The molecular formula is C21H16N4O3S2. The van der Waals surface area contributed by atoms with Crippen molar-refractivity contribution in [3.05, 3.63) is 87.1 Å². The molecule has 0 spiro atoms. The second-order valence-corrected chi connectivity index (χ2v) is 8.57. The second-order valence-electron chi connectivity index (χ2n) is 6.47. The van der Waals surface area contributed by atoms with E-state index in [4.69, 9.17) is 4.98 Å². The van der Waals surface area contributed by atoms with E-state index in [-0.39, 0.29) is 10.9 Å². The number of nitro groups is 1. The monoisotopic (exact) mass is 436 g/mol. The van der Waals surface area contributed by atoms with Gasteiger partial charge in [0.05, 0.1) is 21.7 Å². The SMILES string of the molecule is Cc1cccc2sc(N(Cc3cccnc3)C(=O)/C=C/c3ccc([N+](=O)[O-])s3)nc12. The normalized spacial score (nSPS) is 11.2. The van der Waals surface area contributed by atoms with Gasteiger partial charge >= 0.3 is 5.00 Å². The summed E-state index contributed by atoms with van der Waals surface area (Å²) in [5.41, 5.74) is 2.80. The Hall–Kier alpha value is -3.43. The van der Waals surface area contributed by atoms with E-state index in [1.807, 2.05) is 37.3 Å². The lowest BCUT2D eigenvalue weighted by molar-refractivity contribution is -0.380. The van der Waals surface area contributed by atoms with E-state index in [9.17, 15) is 14.9 Å². The minimum Gasteiger partial charge on any atom is -0.280 e. The molecule has 0 unspecified atom stereocenters. The Morgan fingerprint density at radius 2 is 2.07 bits per heavy atom. The lowest BCUT2D eigenvalue weighted by atomic mass is 10.2. The molecule has 4 rings (SSSR count). The van der Waals surface area contributed by atoms with E-state index >= 15 is 0 Å². The van der Waals surface area contributed by atoms with Crippen LogP contribution in [0.2, 0.25) is 0 Å². The number of aryl methyl sites for hydroxylation is 1. The molecule has 0 aliphatic heterocycles. The number of pyridine rings is 1. The fourth-order valence-corrected chi connectivity index (χ4v) is 4.65. The predicted molar refractivity (Wildman–Crippen MR) is 120 cm³/mol. The van der Waals surface area contributed by atoms with Gasteiger partial charge < -0.3 is 0 Å². The molecule has 0 aliphatic carbocycles. The summed E-state index contributed by atoms with van der Waals surface area (Å²) in [5, 5.41) is 11.5. The molecule has 0 N–H and O–H groups in total. The van der Waals surface area contributed by atoms with Gasteiger partial charge in [0.2, 0.25) is 0 Å². The van der Waals surface area contributed by atoms with E-state index in [0.29, 0.717) is 16.6 Å². The topological polar surface area (TPSA) is 89.2 Å². The zero-order valence-corrected chi connectivity index (χ0v) is 17.5. The lowest BCUT2D eigenvalue weighted by Crippen LogP contribution is -2.28. The Morgan fingerprint density at radius 1 is 1.20 bits per heavy atom. The summed E-state index contributed by atoms with van der Waals surface area (Å²) in [7, 11) is 0. The van der Waals surface area contributed by atoms with Crippen LogP contribution in [0, 0.1) is 17.0 Å². The molecule has 3 aromatic heterocycles. The minimum atomic E-state index is -0.442. The largest absolute Gasteiger partial charge is 0.324 e. The second kappa shape index (κ2) is 8.52. The third-order valence-electron chi connectivity index (χ3n) is 4.35. The molecule has 3 heterocycles. The number of aromatic nitrogens is 2. The smallest absolute Gasteiger partial charge is 0.280 e. The molecule has 1 aromatic carbocycles. The number of carbonyl (C=O) groups is 1. The van der Waals surface area contributed by atoms with Crippen molar-refractivity contribution >= 4 is 55.0 Å². The lowest BCUT2D eigenvalue weighted by Gasteiger charge is -2.18. The summed E-state index contributed by atoms with van der Waals surface area (Å²) < 4.78 is 1.01. The van der Waals surface area contributed by atoms with E-state index < -0.39 is 4.92 Å². The molecule has 30 heavy (non-hydrogen) atoms. The molecule has 0 saturated heterocycles. The van der Waals surface area contributed by atoms with Crippen LogP contribution in [0.4, 0.5) is 10.1 Å². The molecule has 0 fully saturated rings. The van der Waals surface area contributed by atoms with Crippen LogP contribution in [-0.4, -0.2) is 20.8 Å². The van der Waals surface area contributed by atoms with Crippen molar-refractivity contribution in [2.45, 2.75) is 13.5 Å². The van der Waals surface area contributed by atoms with Crippen molar-refractivity contribution in [3.63, 3.8) is 0 Å². The Kier molecular flexibility index (Phi) is 5.64. The van der Waals surface area contributed by atoms with Crippen LogP contribution in [0.1, 0.15) is 16.0 Å². The van der Waals surface area contributed by atoms with Gasteiger partial charge in [-0.15, -0.1) is 0 Å². The van der Waals surface area contributed by atoms with Crippen LogP contribution in [0.3, 0.4) is 0 Å². The Labute approximate surface area is 180 Å². The first-order chi connectivity index (χ1) is 14.5. The standard InChI is InChI=1S/C21H16N4O3S2/c1-14-4-2-6-17-20(14)23-21(30-17)24(13-15-5-3-11-22-12-15)18(26)9-7-16-8-10-19(29-16)25(27)28/h2-12H,13H2,1H3/b9-7+. The van der Waals surface area contributed by atoms with Crippen LogP contribution in [0.25, 0.3) is 16.3 Å². The molecular weight excluding hydrogens is 420 g/mol. The Balaban J connectivity index is 1.66. The predicted octanol–water partition coefficient (Wildman–Crippen LogP) is 5.22. The summed E-state index contributed by atoms with van der Waals surface area (Å²) in [6, 6.07) is 12.7. The number of hydrogen-bond donors (Lipinski definition) is 0. The van der Waals surface area contributed by atoms with Gasteiger partial charge in [0, 0.05) is 29.4 Å². The molecule has 0 radical (unpaired) electrons. The highest BCUT2D eigenvalue weighted by Gasteiger charge is 2.19. The molecule has 7 nitrogen and oxygen atoms in total. The Bertz CT molecular complexity index is 1250. The molecule has 4 aromatic rings. The van der Waals surface area contributed by atoms with Gasteiger partial charge in [-0.3, -0.25) is 24.8 Å². The van der Waals surface area contributed by atoms with Gasteiger partial charge in [-0.25, -0.2) is 4.98 Å². The fraction of sp³-hybridized carbons (Fsp3) is 0.0952. The van der Waals surface area contributed by atoms with Crippen molar-refractivity contribution < 1.29 is 9.72 Å². The number of fused-ring (bicyclic) bond motifs is 1. The number of thiophene rings is 1. The van der Waals surface area contributed by atoms with Crippen molar-refractivity contribution in [3.8, 4) is 0 Å². The highest BCUT2D eigenvalue weighted by molar-refractivity contribution is 7.22. The number of amides is 1. The zero-order valence-electron chi connectivity index (χ0n) is 15.9. The average molecular weight is 437 g/mol. The summed E-state index contributed by atoms with van der Waals surface area (Å²) in [4.78, 5) is 34.6. The number of carbonyl (C=O) groups excluding carboxylic acids is 1. The molecule has 9 heteroatoms. The van der Waals surface area contributed by atoms with Crippen molar-refractivity contribution in [2.24, 2.45) is 0 Å². The van der Waals surface area contributed by atoms with Crippen LogP contribution in [0.15, 0.2) is 60.9 Å². The van der Waals surface area contributed by atoms with Crippen molar-refractivity contribution in [1.82, 2.24) is 9.97 Å². The summed E-state index contributed by atoms with van der Waals surface area (Å²) >= 11 is 2.47. The van der Waals surface area contributed by atoms with Crippen molar-refractivity contribution in [2.75, 3.05) is 4.90 Å². The number of rotatable bonds is 6. The third-order valence-corrected chi connectivity index (χ3v) is 6.40. The van der Waals surface area contributed by atoms with Gasteiger partial charge in [0.15, 0.2) is 5.13 Å². The molecule has 0 aliphatic rings. The maximum atomic E-state index is 13.1. The highest BCUT2D eigenvalue weighted by Crippen LogP contribution is 2.32. The minimum absolute atomic E-state index is 0.0379. The fourth-order valence-electron chi connectivity index (χ4n) is 2.88. The van der Waals surface area contributed by atoms with Crippen LogP contribution in [-0.2, 0) is 11.3 Å². The van der Waals surface area contributed by atoms with Gasteiger partial charge in [0.25, 0.3) is 5.91 Å². The summed E-state index contributed by atoms with van der Waals surface area (Å²) in [6.07, 6.45) is 6.41. The van der Waals surface area contributed by atoms with E-state index in [1.54, 1.807) is 29.4 Å². The van der Waals surface area contributed by atoms with Gasteiger partial charge in [-0.2, -0.15) is 0 Å². The molecule has 0 bridgehead atoms. The maximum Gasteiger partial charge on any atom is 0.324 e. The van der Waals surface area contributed by atoms with E-state index in [2.05, 4.69) is 4.98 Å². The van der Waals surface area contributed by atoms with Gasteiger partial charge in [-0.1, -0.05) is 40.9 Å². The molecule has 0 atom stereocenters. The molecule has 150 valence electrons. The first-order valence-electron chi connectivity index (χ1n) is 9.00. The third kappa shape index (κ3) is 4.27. The summed E-state index contributed by atoms with van der Waals surface area (Å²) in [6.45, 7) is 2.31. The zero-order chi connectivity index (χ0) is 21.1. The highest BCUT2D eigenvalue weighted by atomic mass is 32.1. The molecule has 1 amide bonds. The number of hydrogen-bond acceptors (Lipinski definition) is 7. The van der Waals surface area contributed by atoms with Crippen LogP contribution < -0.4 is 4.90 Å². The number of nitrogens with zero attached hydrogens (tertiary/aromatic N) is 4. The van der Waals surface area contributed by atoms with Gasteiger partial charge in [0.1, 0.15) is 0 Å². The van der Waals surface area contributed by atoms with E-state index in [0.717, 1.165) is 32.7 Å². The molecule has 0 saturated carbocycles. The van der Waals surface area contributed by atoms with E-state index in [1.165, 1.54) is 23.5 Å². The number of para-hydroxylation sites is 1. The van der Waals surface area contributed by atoms with Crippen LogP contribution in [0.5, 0.6) is 0 Å². The quantitative estimate of drug-likeness (QED) is 0.235. The van der Waals surface area contributed by atoms with Crippen LogP contribution >= 0.6 is 22.7 Å².